The summed E-state index contributed by atoms with van der Waals surface area (Å²) in [6, 6.07) is 77.0. The molecule has 0 saturated heterocycles. The van der Waals surface area contributed by atoms with Crippen molar-refractivity contribution in [1.82, 2.24) is 24.1 Å². The van der Waals surface area contributed by atoms with Crippen LogP contribution in [0.3, 0.4) is 0 Å². The van der Waals surface area contributed by atoms with Gasteiger partial charge in [-0.15, -0.1) is 10.0 Å². The molecule has 8 aromatic carbocycles. The molecule has 5 nitrogen and oxygen atoms in total. The Kier molecular flexibility index (Phi) is 7.73. The number of aromatic nitrogens is 5. The maximum Gasteiger partial charge on any atom is 0.240 e. The van der Waals surface area contributed by atoms with Gasteiger partial charge in [-0.2, -0.15) is 15.0 Å². The van der Waals surface area contributed by atoms with Gasteiger partial charge in [-0.25, -0.2) is 0 Å². The van der Waals surface area contributed by atoms with E-state index in [0.29, 0.717) is 17.7 Å². The topological polar surface area (TPSA) is 48.5 Å². The molecule has 0 N–H and O–H groups in total. The van der Waals surface area contributed by atoms with E-state index in [9.17, 15) is 0 Å². The lowest BCUT2D eigenvalue weighted by Gasteiger charge is -2.41. The van der Waals surface area contributed by atoms with Gasteiger partial charge in [0.1, 0.15) is 0 Å². The van der Waals surface area contributed by atoms with Crippen LogP contribution in [0.1, 0.15) is 0 Å². The van der Waals surface area contributed by atoms with Gasteiger partial charge in [-0.05, 0) is 72.8 Å². The van der Waals surface area contributed by atoms with Crippen molar-refractivity contribution in [2.45, 2.75) is 19.6 Å². The first kappa shape index (κ1) is 32.9. The van der Waals surface area contributed by atoms with Crippen LogP contribution < -0.4 is 0 Å². The average molecular weight is 748 g/mol. The van der Waals surface area contributed by atoms with Crippen molar-refractivity contribution in [2.75, 3.05) is 0 Å². The number of para-hydroxylation sites is 4. The molecule has 0 bridgehead atoms. The summed E-state index contributed by atoms with van der Waals surface area (Å²) in [6.45, 7) is 0. The number of nitrogens with zero attached hydrogens (tertiary/aromatic N) is 5. The van der Waals surface area contributed by atoms with Crippen LogP contribution in [0.15, 0.2) is 220 Å². The number of fused-ring (bicyclic) bond motifs is 6. The molecule has 268 valence electrons. The van der Waals surface area contributed by atoms with Gasteiger partial charge in [0, 0.05) is 52.8 Å². The Morgan fingerprint density at radius 2 is 0.807 bits per heavy atom. The molecule has 0 aliphatic rings. The molecular weight excluding hydrogens is 715 g/mol. The maximum atomic E-state index is 5.38. The number of benzene rings is 7. The van der Waals surface area contributed by atoms with E-state index < -0.39 is 10.0 Å². The molecule has 0 radical (unpaired) electrons. The molecule has 0 unspecified atom stereocenters. The van der Waals surface area contributed by atoms with Gasteiger partial charge in [-0.1, -0.05) is 133 Å². The second-order valence-corrected chi connectivity index (χ2v) is 17.0. The molecule has 0 saturated carbocycles. The second-order valence-electron chi connectivity index (χ2n) is 13.9. The highest BCUT2D eigenvalue weighted by Gasteiger charge is 2.33. The predicted octanol–water partition coefficient (Wildman–Crippen LogP) is 12.7. The number of rotatable bonds is 7. The van der Waals surface area contributed by atoms with E-state index in [4.69, 9.17) is 15.0 Å². The van der Waals surface area contributed by atoms with Crippen LogP contribution in [0.2, 0.25) is 0 Å². The average Bonchev–Trinajstić information content (AvgIpc) is 3.81. The minimum Gasteiger partial charge on any atom is -0.278 e. The first-order valence-electron chi connectivity index (χ1n) is 18.9. The van der Waals surface area contributed by atoms with Gasteiger partial charge in [0.05, 0.1) is 22.1 Å². The van der Waals surface area contributed by atoms with Crippen LogP contribution in [-0.2, 0) is 0 Å². The minimum atomic E-state index is -2.00. The fourth-order valence-electron chi connectivity index (χ4n) is 8.37. The molecule has 3 heterocycles. The quantitative estimate of drug-likeness (QED) is 0.163. The second kappa shape index (κ2) is 13.4. The largest absolute Gasteiger partial charge is 0.278 e. The standard InChI is InChI=1S/C51H33N5S/c1-4-20-37(21-5-1)57(38-22-6-2-7-23-38,39-24-8-3-9-25-39)40-26-18-19-36(35-40)49-52-50(55-45-31-14-10-27-41(45)42-28-11-15-32-46(42)55)54-51(53-49)56-47-33-16-12-29-43(47)44-30-13-17-34-48(44)56/h1-2,4-8,10-35H. The van der Waals surface area contributed by atoms with Crippen LogP contribution in [0.25, 0.3) is 66.9 Å². The van der Waals surface area contributed by atoms with Crippen molar-refractivity contribution in [3.05, 3.63) is 212 Å². The van der Waals surface area contributed by atoms with E-state index >= 15 is 0 Å². The molecule has 11 rings (SSSR count). The number of hydrogen-bond acceptors (Lipinski definition) is 3. The Hall–Kier alpha value is -7.46. The van der Waals surface area contributed by atoms with E-state index in [1.807, 2.05) is 6.07 Å². The summed E-state index contributed by atoms with van der Waals surface area (Å²) in [4.78, 5) is 20.9. The maximum absolute atomic E-state index is 5.38. The third kappa shape index (κ3) is 5.17. The first-order chi connectivity index (χ1) is 28.3. The molecule has 0 amide bonds. The Morgan fingerprint density at radius 3 is 1.26 bits per heavy atom. The summed E-state index contributed by atoms with van der Waals surface area (Å²) in [5, 5.41) is 4.58. The molecule has 0 aliphatic carbocycles. The molecule has 3 aromatic heterocycles. The van der Waals surface area contributed by atoms with Crippen LogP contribution in [0.5, 0.6) is 0 Å². The van der Waals surface area contributed by atoms with Crippen LogP contribution in [0, 0.1) is 12.1 Å². The Morgan fingerprint density at radius 1 is 0.368 bits per heavy atom. The highest BCUT2D eigenvalue weighted by atomic mass is 32.3. The molecule has 0 atom stereocenters. The Balaban J connectivity index is 1.22. The van der Waals surface area contributed by atoms with Gasteiger partial charge in [0.15, 0.2) is 5.82 Å². The van der Waals surface area contributed by atoms with Crippen LogP contribution in [-0.4, -0.2) is 24.1 Å². The fraction of sp³-hybridized carbons (Fsp3) is 0. The van der Waals surface area contributed by atoms with Crippen molar-refractivity contribution in [2.24, 2.45) is 0 Å². The Bertz CT molecular complexity index is 2910. The molecule has 0 aliphatic heterocycles. The smallest absolute Gasteiger partial charge is 0.240 e. The lowest BCUT2D eigenvalue weighted by Crippen LogP contribution is -2.10. The summed E-state index contributed by atoms with van der Waals surface area (Å²) >= 11 is 0. The van der Waals surface area contributed by atoms with E-state index in [2.05, 4.69) is 215 Å². The van der Waals surface area contributed by atoms with Gasteiger partial charge in [-0.3, -0.25) is 9.13 Å². The summed E-state index contributed by atoms with van der Waals surface area (Å²) in [5.74, 6) is 1.69. The van der Waals surface area contributed by atoms with Crippen molar-refractivity contribution >= 4 is 53.6 Å². The van der Waals surface area contributed by atoms with Gasteiger partial charge >= 0.3 is 0 Å². The molecule has 11 aromatic rings. The third-order valence-electron chi connectivity index (χ3n) is 10.8. The summed E-state index contributed by atoms with van der Waals surface area (Å²) in [5.41, 5.74) is 5.03. The van der Waals surface area contributed by atoms with Gasteiger partial charge in [0.2, 0.25) is 11.9 Å². The normalized spacial score (nSPS) is 12.0. The zero-order valence-corrected chi connectivity index (χ0v) is 31.5. The molecular formula is C51H33N5S. The van der Waals surface area contributed by atoms with Crippen molar-refractivity contribution < 1.29 is 0 Å². The Labute approximate surface area is 331 Å². The minimum absolute atomic E-state index is 0.553. The lowest BCUT2D eigenvalue weighted by atomic mass is 10.2. The SMILES string of the molecule is c1ccc(S(c2ccccc2)(c2ccccc2)c2cccc(-c3nc(-n4c5ccccc5c5ccccc54)nc(-n4c5ccccc5c5ccccc54)n3)c2)cc#1. The lowest BCUT2D eigenvalue weighted by molar-refractivity contribution is 0.892. The van der Waals surface area contributed by atoms with Crippen molar-refractivity contribution in [1.29, 1.82) is 0 Å². The molecule has 57 heavy (non-hydrogen) atoms. The van der Waals surface area contributed by atoms with Gasteiger partial charge in [0.25, 0.3) is 0 Å². The van der Waals surface area contributed by atoms with Crippen LogP contribution >= 0.6 is 10.0 Å². The predicted molar refractivity (Wildman–Crippen MR) is 232 cm³/mol. The highest BCUT2D eigenvalue weighted by Crippen LogP contribution is 2.73. The van der Waals surface area contributed by atoms with Gasteiger partial charge < -0.3 is 0 Å². The van der Waals surface area contributed by atoms with Crippen molar-refractivity contribution in [3.8, 4) is 23.3 Å². The molecule has 0 spiro atoms. The van der Waals surface area contributed by atoms with E-state index in [0.717, 1.165) is 54.1 Å². The zero-order chi connectivity index (χ0) is 37.8. The summed E-state index contributed by atoms with van der Waals surface area (Å²) < 4.78 is 4.35. The highest BCUT2D eigenvalue weighted by molar-refractivity contribution is 8.34. The van der Waals surface area contributed by atoms with E-state index in [-0.39, 0.29) is 0 Å². The number of hydrogen-bond donors (Lipinski definition) is 0. The van der Waals surface area contributed by atoms with E-state index in [1.165, 1.54) is 14.7 Å². The molecule has 0 fully saturated rings. The monoisotopic (exact) mass is 747 g/mol. The summed E-state index contributed by atoms with van der Waals surface area (Å²) in [7, 11) is -2.00. The fourth-order valence-corrected chi connectivity index (χ4v) is 12.2. The third-order valence-corrected chi connectivity index (χ3v) is 14.7. The first-order valence-corrected chi connectivity index (χ1v) is 20.6. The summed E-state index contributed by atoms with van der Waals surface area (Å²) in [6.07, 6.45) is 0. The van der Waals surface area contributed by atoms with Crippen molar-refractivity contribution in [3.63, 3.8) is 0 Å². The van der Waals surface area contributed by atoms with E-state index in [1.54, 1.807) is 0 Å². The zero-order valence-electron chi connectivity index (χ0n) is 30.7. The molecule has 6 heteroatoms. The van der Waals surface area contributed by atoms with Crippen LogP contribution in [0.4, 0.5) is 0 Å².